The number of benzene rings is 2. The summed E-state index contributed by atoms with van der Waals surface area (Å²) in [6.07, 6.45) is 2.12. The number of aromatic amines is 1. The minimum Gasteiger partial charge on any atom is -0.361 e. The lowest BCUT2D eigenvalue weighted by atomic mass is 10.1. The van der Waals surface area contributed by atoms with Gasteiger partial charge in [-0.2, -0.15) is 0 Å². The first-order valence-electron chi connectivity index (χ1n) is 9.04. The van der Waals surface area contributed by atoms with Crippen LogP contribution in [0.3, 0.4) is 0 Å². The molecule has 2 aromatic carbocycles. The molecule has 2 aromatic heterocycles. The van der Waals surface area contributed by atoms with E-state index in [-0.39, 0.29) is 0 Å². The second-order valence-corrected chi connectivity index (χ2v) is 6.59. The average Bonchev–Trinajstić information content (AvgIpc) is 3.26. The predicted molar refractivity (Wildman–Crippen MR) is 105 cm³/mol. The van der Waals surface area contributed by atoms with Crippen LogP contribution in [-0.2, 0) is 13.1 Å². The first kappa shape index (κ1) is 16.6. The molecule has 4 aromatic rings. The van der Waals surface area contributed by atoms with Gasteiger partial charge in [-0.1, -0.05) is 60.6 Å². The van der Waals surface area contributed by atoms with Crippen molar-refractivity contribution in [3.63, 3.8) is 0 Å². The highest BCUT2D eigenvalue weighted by atomic mass is 16.5. The van der Waals surface area contributed by atoms with Crippen LogP contribution >= 0.6 is 0 Å². The molecule has 0 atom stereocenters. The van der Waals surface area contributed by atoms with Gasteiger partial charge in [-0.15, -0.1) is 0 Å². The summed E-state index contributed by atoms with van der Waals surface area (Å²) in [4.78, 5) is 5.79. The molecule has 132 valence electrons. The molecule has 4 nitrogen and oxygen atoms in total. The molecule has 26 heavy (non-hydrogen) atoms. The first-order valence-corrected chi connectivity index (χ1v) is 9.04. The maximum Gasteiger partial charge on any atom is 0.138 e. The van der Waals surface area contributed by atoms with Crippen molar-refractivity contribution in [1.29, 1.82) is 0 Å². The largest absolute Gasteiger partial charge is 0.361 e. The molecular formula is C22H23N3O. The van der Waals surface area contributed by atoms with Gasteiger partial charge in [0.1, 0.15) is 11.5 Å². The van der Waals surface area contributed by atoms with Gasteiger partial charge in [0.05, 0.1) is 0 Å². The second kappa shape index (κ2) is 7.18. The molecule has 1 N–H and O–H groups in total. The number of fused-ring (bicyclic) bond motifs is 1. The molecule has 0 aliphatic carbocycles. The van der Waals surface area contributed by atoms with E-state index < -0.39 is 0 Å². The number of aromatic nitrogens is 2. The van der Waals surface area contributed by atoms with Gasteiger partial charge < -0.3 is 9.51 Å². The number of aryl methyl sites for hydroxylation is 1. The van der Waals surface area contributed by atoms with Crippen LogP contribution in [0.4, 0.5) is 0 Å². The van der Waals surface area contributed by atoms with Gasteiger partial charge in [0, 0.05) is 41.3 Å². The Bertz CT molecular complexity index is 1000. The third-order valence-corrected chi connectivity index (χ3v) is 4.93. The quantitative estimate of drug-likeness (QED) is 0.525. The molecule has 0 radical (unpaired) electrons. The Morgan fingerprint density at radius 2 is 1.77 bits per heavy atom. The van der Waals surface area contributed by atoms with Crippen LogP contribution in [0.1, 0.15) is 23.8 Å². The molecule has 2 heterocycles. The minimum absolute atomic E-state index is 0.815. The van der Waals surface area contributed by atoms with E-state index in [1.54, 1.807) is 0 Å². The van der Waals surface area contributed by atoms with Crippen molar-refractivity contribution in [3.05, 3.63) is 77.7 Å². The lowest BCUT2D eigenvalue weighted by molar-refractivity contribution is 0.270. The van der Waals surface area contributed by atoms with Crippen molar-refractivity contribution >= 4 is 10.9 Å². The van der Waals surface area contributed by atoms with Crippen molar-refractivity contribution in [2.75, 3.05) is 6.54 Å². The van der Waals surface area contributed by atoms with E-state index in [9.17, 15) is 0 Å². The Hall–Kier alpha value is -2.85. The SMILES string of the molecule is CCN(Cc1c(-c2ccccc2)noc1C)Cc1c[nH]c2ccccc12. The zero-order chi connectivity index (χ0) is 17.9. The van der Waals surface area contributed by atoms with E-state index in [1.807, 2.05) is 25.1 Å². The van der Waals surface area contributed by atoms with E-state index >= 15 is 0 Å². The summed E-state index contributed by atoms with van der Waals surface area (Å²) in [5, 5.41) is 5.60. The maximum absolute atomic E-state index is 5.52. The molecule has 4 heteroatoms. The van der Waals surface area contributed by atoms with E-state index in [1.165, 1.54) is 16.5 Å². The molecule has 0 aliphatic heterocycles. The van der Waals surface area contributed by atoms with Gasteiger partial charge in [-0.25, -0.2) is 0 Å². The molecule has 0 bridgehead atoms. The minimum atomic E-state index is 0.815. The predicted octanol–water partition coefficient (Wildman–Crippen LogP) is 5.15. The highest BCUT2D eigenvalue weighted by Crippen LogP contribution is 2.27. The van der Waals surface area contributed by atoms with Crippen molar-refractivity contribution in [2.45, 2.75) is 26.9 Å². The third kappa shape index (κ3) is 3.16. The number of hydrogen-bond acceptors (Lipinski definition) is 3. The normalized spacial score (nSPS) is 11.5. The summed E-state index contributed by atoms with van der Waals surface area (Å²) in [5.41, 5.74) is 5.71. The van der Waals surface area contributed by atoms with Crippen molar-refractivity contribution < 1.29 is 4.52 Å². The van der Waals surface area contributed by atoms with Gasteiger partial charge >= 0.3 is 0 Å². The van der Waals surface area contributed by atoms with Crippen molar-refractivity contribution in [2.24, 2.45) is 0 Å². The van der Waals surface area contributed by atoms with Gasteiger partial charge in [0.25, 0.3) is 0 Å². The summed E-state index contributed by atoms with van der Waals surface area (Å²) in [6, 6.07) is 18.7. The number of nitrogens with one attached hydrogen (secondary N) is 1. The molecule has 0 unspecified atom stereocenters. The zero-order valence-corrected chi connectivity index (χ0v) is 15.2. The Morgan fingerprint density at radius 1 is 1.00 bits per heavy atom. The van der Waals surface area contributed by atoms with Crippen LogP contribution in [0.25, 0.3) is 22.2 Å². The monoisotopic (exact) mass is 345 g/mol. The van der Waals surface area contributed by atoms with E-state index in [4.69, 9.17) is 4.52 Å². The zero-order valence-electron chi connectivity index (χ0n) is 15.2. The summed E-state index contributed by atoms with van der Waals surface area (Å²) in [6.45, 7) is 6.85. The van der Waals surface area contributed by atoms with Crippen LogP contribution in [-0.4, -0.2) is 21.6 Å². The van der Waals surface area contributed by atoms with Crippen LogP contribution < -0.4 is 0 Å². The van der Waals surface area contributed by atoms with Crippen molar-refractivity contribution in [3.8, 4) is 11.3 Å². The van der Waals surface area contributed by atoms with Crippen LogP contribution in [0.5, 0.6) is 0 Å². The number of hydrogen-bond donors (Lipinski definition) is 1. The Morgan fingerprint density at radius 3 is 2.58 bits per heavy atom. The van der Waals surface area contributed by atoms with Gasteiger partial charge in [-0.05, 0) is 25.1 Å². The number of rotatable bonds is 6. The Labute approximate surface area is 153 Å². The topological polar surface area (TPSA) is 45.1 Å². The average molecular weight is 345 g/mol. The standard InChI is InChI=1S/C22H23N3O/c1-3-25(14-18-13-23-21-12-8-7-11-19(18)21)15-20-16(2)26-24-22(20)17-9-5-4-6-10-17/h4-13,23H,3,14-15H2,1-2H3. The third-order valence-electron chi connectivity index (χ3n) is 4.93. The van der Waals surface area contributed by atoms with E-state index in [0.29, 0.717) is 0 Å². The Balaban J connectivity index is 1.61. The number of para-hydroxylation sites is 1. The molecular weight excluding hydrogens is 322 g/mol. The molecule has 0 saturated carbocycles. The van der Waals surface area contributed by atoms with Gasteiger partial charge in [-0.3, -0.25) is 4.90 Å². The summed E-state index contributed by atoms with van der Waals surface area (Å²) < 4.78 is 5.52. The molecule has 0 amide bonds. The highest BCUT2D eigenvalue weighted by Gasteiger charge is 2.18. The highest BCUT2D eigenvalue weighted by molar-refractivity contribution is 5.83. The lowest BCUT2D eigenvalue weighted by Crippen LogP contribution is -2.22. The summed E-state index contributed by atoms with van der Waals surface area (Å²) in [7, 11) is 0. The van der Waals surface area contributed by atoms with Crippen LogP contribution in [0.2, 0.25) is 0 Å². The fourth-order valence-corrected chi connectivity index (χ4v) is 3.41. The fourth-order valence-electron chi connectivity index (χ4n) is 3.41. The molecule has 0 spiro atoms. The summed E-state index contributed by atoms with van der Waals surface area (Å²) >= 11 is 0. The smallest absolute Gasteiger partial charge is 0.138 e. The van der Waals surface area contributed by atoms with Gasteiger partial charge in [0.15, 0.2) is 0 Å². The number of H-pyrrole nitrogens is 1. The van der Waals surface area contributed by atoms with E-state index in [2.05, 4.69) is 64.6 Å². The van der Waals surface area contributed by atoms with Crippen LogP contribution in [0, 0.1) is 6.92 Å². The fraction of sp³-hybridized carbons (Fsp3) is 0.227. The van der Waals surface area contributed by atoms with Crippen LogP contribution in [0.15, 0.2) is 65.3 Å². The first-order chi connectivity index (χ1) is 12.8. The van der Waals surface area contributed by atoms with Gasteiger partial charge in [0.2, 0.25) is 0 Å². The van der Waals surface area contributed by atoms with E-state index in [0.717, 1.165) is 42.2 Å². The molecule has 4 rings (SSSR count). The lowest BCUT2D eigenvalue weighted by Gasteiger charge is -2.20. The van der Waals surface area contributed by atoms with Crippen molar-refractivity contribution in [1.82, 2.24) is 15.0 Å². The number of nitrogens with zero attached hydrogens (tertiary/aromatic N) is 2. The maximum atomic E-state index is 5.52. The molecule has 0 aliphatic rings. The molecule has 0 saturated heterocycles. The second-order valence-electron chi connectivity index (χ2n) is 6.59. The summed E-state index contributed by atoms with van der Waals surface area (Å²) in [5.74, 6) is 0.890. The Kier molecular flexibility index (Phi) is 4.59. The molecule has 0 fully saturated rings.